The van der Waals surface area contributed by atoms with Crippen LogP contribution >= 0.6 is 0 Å². The Hall–Kier alpha value is -1.02. The van der Waals surface area contributed by atoms with Gasteiger partial charge in [0.1, 0.15) is 0 Å². The number of hydrogen-bond acceptors (Lipinski definition) is 2. The molecule has 0 spiro atoms. The summed E-state index contributed by atoms with van der Waals surface area (Å²) in [7, 11) is 0. The van der Waals surface area contributed by atoms with E-state index in [-0.39, 0.29) is 0 Å². The Morgan fingerprint density at radius 1 is 1.11 bits per heavy atom. The van der Waals surface area contributed by atoms with Crippen molar-refractivity contribution in [2.24, 2.45) is 11.8 Å². The molecule has 0 amide bonds. The number of nitrogens with one attached hydrogen (secondary N) is 1. The smallest absolute Gasteiger partial charge is 0.0736 e. The lowest BCUT2D eigenvalue weighted by Gasteiger charge is -2.33. The number of ether oxygens (including phenoxy) is 1. The van der Waals surface area contributed by atoms with E-state index in [1.807, 2.05) is 6.92 Å². The monoisotopic (exact) mass is 261 g/mol. The molecule has 106 valence electrons. The second-order valence-electron chi connectivity index (χ2n) is 6.05. The van der Waals surface area contributed by atoms with Crippen molar-refractivity contribution in [2.45, 2.75) is 52.7 Å². The normalized spacial score (nSPS) is 27.2. The van der Waals surface area contributed by atoms with Crippen LogP contribution in [0, 0.1) is 11.8 Å². The van der Waals surface area contributed by atoms with E-state index < -0.39 is 0 Å². The van der Waals surface area contributed by atoms with Gasteiger partial charge in [-0.3, -0.25) is 0 Å². The van der Waals surface area contributed by atoms with Crippen molar-refractivity contribution in [3.63, 3.8) is 0 Å². The number of anilines is 1. The van der Waals surface area contributed by atoms with E-state index in [1.165, 1.54) is 30.5 Å². The zero-order valence-corrected chi connectivity index (χ0v) is 12.5. The number of rotatable bonds is 5. The highest BCUT2D eigenvalue weighted by Crippen LogP contribution is 2.31. The van der Waals surface area contributed by atoms with E-state index in [9.17, 15) is 0 Å². The molecule has 1 saturated carbocycles. The fourth-order valence-electron chi connectivity index (χ4n) is 3.28. The lowest BCUT2D eigenvalue weighted by Crippen LogP contribution is -2.30. The molecule has 0 heterocycles. The SMILES string of the molecule is CCOCc1ccccc1NC1CC(C)CC(C)C1. The molecule has 1 aromatic rings. The lowest BCUT2D eigenvalue weighted by molar-refractivity contribution is 0.134. The summed E-state index contributed by atoms with van der Waals surface area (Å²) in [5.74, 6) is 1.67. The third kappa shape index (κ3) is 4.24. The first kappa shape index (κ1) is 14.4. The first-order chi connectivity index (χ1) is 9.19. The molecule has 0 saturated heterocycles. The predicted molar refractivity (Wildman–Crippen MR) is 81.4 cm³/mol. The van der Waals surface area contributed by atoms with Gasteiger partial charge in [-0.25, -0.2) is 0 Å². The average Bonchev–Trinajstić information content (AvgIpc) is 2.36. The van der Waals surface area contributed by atoms with Crippen LogP contribution in [0.5, 0.6) is 0 Å². The van der Waals surface area contributed by atoms with Crippen molar-refractivity contribution >= 4 is 5.69 Å². The quantitative estimate of drug-likeness (QED) is 0.845. The summed E-state index contributed by atoms with van der Waals surface area (Å²) in [6.07, 6.45) is 3.94. The highest BCUT2D eigenvalue weighted by atomic mass is 16.5. The summed E-state index contributed by atoms with van der Waals surface area (Å²) in [5.41, 5.74) is 2.53. The molecule has 0 radical (unpaired) electrons. The Morgan fingerprint density at radius 2 is 1.79 bits per heavy atom. The van der Waals surface area contributed by atoms with Crippen LogP contribution in [0.2, 0.25) is 0 Å². The molecular weight excluding hydrogens is 234 g/mol. The second kappa shape index (κ2) is 6.95. The maximum atomic E-state index is 5.55. The largest absolute Gasteiger partial charge is 0.382 e. The Kier molecular flexibility index (Phi) is 5.26. The van der Waals surface area contributed by atoms with Crippen molar-refractivity contribution < 1.29 is 4.74 Å². The van der Waals surface area contributed by atoms with E-state index in [4.69, 9.17) is 4.74 Å². The summed E-state index contributed by atoms with van der Waals surface area (Å²) < 4.78 is 5.55. The standard InChI is InChI=1S/C17H27NO/c1-4-19-12-15-7-5-6-8-17(15)18-16-10-13(2)9-14(3)11-16/h5-8,13-14,16,18H,4,9-12H2,1-3H3. The molecule has 2 heteroatoms. The minimum atomic E-state index is 0.613. The van der Waals surface area contributed by atoms with Crippen LogP contribution in [0.15, 0.2) is 24.3 Å². The van der Waals surface area contributed by atoms with Crippen molar-refractivity contribution in [1.29, 1.82) is 0 Å². The van der Waals surface area contributed by atoms with Crippen molar-refractivity contribution in [3.8, 4) is 0 Å². The molecule has 19 heavy (non-hydrogen) atoms. The summed E-state index contributed by atoms with van der Waals surface area (Å²) in [5, 5.41) is 3.74. The van der Waals surface area contributed by atoms with Crippen LogP contribution in [0.4, 0.5) is 5.69 Å². The third-order valence-corrected chi connectivity index (χ3v) is 4.02. The first-order valence-corrected chi connectivity index (χ1v) is 7.61. The molecule has 0 aliphatic heterocycles. The molecule has 0 aromatic heterocycles. The second-order valence-corrected chi connectivity index (χ2v) is 6.05. The van der Waals surface area contributed by atoms with Gasteiger partial charge < -0.3 is 10.1 Å². The molecule has 1 aliphatic rings. The maximum Gasteiger partial charge on any atom is 0.0736 e. The number of para-hydroxylation sites is 1. The van der Waals surface area contributed by atoms with E-state index in [0.717, 1.165) is 18.4 Å². The van der Waals surface area contributed by atoms with Crippen molar-refractivity contribution in [1.82, 2.24) is 0 Å². The van der Waals surface area contributed by atoms with Gasteiger partial charge >= 0.3 is 0 Å². The van der Waals surface area contributed by atoms with Crippen LogP contribution in [0.1, 0.15) is 45.6 Å². The lowest BCUT2D eigenvalue weighted by atomic mass is 9.80. The van der Waals surface area contributed by atoms with Gasteiger partial charge in [-0.2, -0.15) is 0 Å². The average molecular weight is 261 g/mol. The van der Waals surface area contributed by atoms with Gasteiger partial charge in [0, 0.05) is 23.9 Å². The Morgan fingerprint density at radius 3 is 2.47 bits per heavy atom. The fourth-order valence-corrected chi connectivity index (χ4v) is 3.28. The molecule has 2 rings (SSSR count). The van der Waals surface area contributed by atoms with E-state index in [0.29, 0.717) is 12.6 Å². The fraction of sp³-hybridized carbons (Fsp3) is 0.647. The van der Waals surface area contributed by atoms with Crippen LogP contribution < -0.4 is 5.32 Å². The molecule has 2 atom stereocenters. The molecule has 1 fully saturated rings. The number of hydrogen-bond donors (Lipinski definition) is 1. The van der Waals surface area contributed by atoms with Crippen molar-refractivity contribution in [3.05, 3.63) is 29.8 Å². The first-order valence-electron chi connectivity index (χ1n) is 7.61. The number of benzene rings is 1. The Labute approximate surface area is 117 Å². The van der Waals surface area contributed by atoms with Crippen LogP contribution in [-0.2, 0) is 11.3 Å². The maximum absolute atomic E-state index is 5.55. The van der Waals surface area contributed by atoms with Gasteiger partial charge in [-0.1, -0.05) is 32.0 Å². The third-order valence-electron chi connectivity index (χ3n) is 4.02. The highest BCUT2D eigenvalue weighted by molar-refractivity contribution is 5.51. The van der Waals surface area contributed by atoms with Gasteiger partial charge in [-0.15, -0.1) is 0 Å². The minimum Gasteiger partial charge on any atom is -0.382 e. The Balaban J connectivity index is 2.01. The van der Waals surface area contributed by atoms with Gasteiger partial charge in [0.2, 0.25) is 0 Å². The van der Waals surface area contributed by atoms with Crippen LogP contribution in [-0.4, -0.2) is 12.6 Å². The van der Waals surface area contributed by atoms with Crippen LogP contribution in [0.25, 0.3) is 0 Å². The topological polar surface area (TPSA) is 21.3 Å². The molecule has 0 bridgehead atoms. The minimum absolute atomic E-state index is 0.613. The summed E-state index contributed by atoms with van der Waals surface area (Å²) in [6, 6.07) is 9.15. The molecule has 1 aromatic carbocycles. The molecular formula is C17H27NO. The highest BCUT2D eigenvalue weighted by Gasteiger charge is 2.24. The Bertz CT molecular complexity index is 381. The predicted octanol–water partition coefficient (Wildman–Crippen LogP) is 4.46. The van der Waals surface area contributed by atoms with Gasteiger partial charge in [0.25, 0.3) is 0 Å². The van der Waals surface area contributed by atoms with Gasteiger partial charge in [0.15, 0.2) is 0 Å². The van der Waals surface area contributed by atoms with Gasteiger partial charge in [0.05, 0.1) is 6.61 Å². The summed E-state index contributed by atoms with van der Waals surface area (Å²) in [4.78, 5) is 0. The molecule has 1 aliphatic carbocycles. The molecule has 2 nitrogen and oxygen atoms in total. The summed E-state index contributed by atoms with van der Waals surface area (Å²) >= 11 is 0. The van der Waals surface area contributed by atoms with Crippen molar-refractivity contribution in [2.75, 3.05) is 11.9 Å². The molecule has 2 unspecified atom stereocenters. The zero-order chi connectivity index (χ0) is 13.7. The molecule has 1 N–H and O–H groups in total. The van der Waals surface area contributed by atoms with E-state index >= 15 is 0 Å². The van der Waals surface area contributed by atoms with E-state index in [1.54, 1.807) is 0 Å². The summed E-state index contributed by atoms with van der Waals surface area (Å²) in [6.45, 7) is 8.26. The zero-order valence-electron chi connectivity index (χ0n) is 12.5. The van der Waals surface area contributed by atoms with E-state index in [2.05, 4.69) is 43.4 Å². The van der Waals surface area contributed by atoms with Crippen LogP contribution in [0.3, 0.4) is 0 Å². The van der Waals surface area contributed by atoms with Gasteiger partial charge in [-0.05, 0) is 44.1 Å².